The second-order valence-electron chi connectivity index (χ2n) is 3.22. The number of nitrogens with zero attached hydrogens (tertiary/aromatic N) is 1. The number of nitrogens with two attached hydrogens (primary N) is 1. The Hall–Kier alpha value is 0.830. The van der Waals surface area contributed by atoms with Gasteiger partial charge < -0.3 is 6.33 Å². The first-order chi connectivity index (χ1) is 6.08. The zero-order chi connectivity index (χ0) is 9.73. The van der Waals surface area contributed by atoms with Crippen molar-refractivity contribution in [3.63, 3.8) is 0 Å². The summed E-state index contributed by atoms with van der Waals surface area (Å²) in [6.07, 6.45) is 3.65. The van der Waals surface area contributed by atoms with Gasteiger partial charge in [-0.1, -0.05) is 6.42 Å². The molecule has 1 fully saturated rings. The van der Waals surface area contributed by atoms with Gasteiger partial charge in [0.1, 0.15) is 0 Å². The number of likely N-dealkylation sites (tertiary alicyclic amines) is 1. The fraction of sp³-hybridized carbons (Fsp3) is 1.00. The molecule has 1 saturated heterocycles. The van der Waals surface area contributed by atoms with Crippen LogP contribution in [0.5, 0.6) is 0 Å². The second-order valence-corrected chi connectivity index (χ2v) is 4.44. The summed E-state index contributed by atoms with van der Waals surface area (Å²) < 4.78 is 25.3. The maximum Gasteiger partial charge on any atom is 1.00 e. The molecule has 1 aliphatic heterocycles. The van der Waals surface area contributed by atoms with E-state index in [1.54, 1.807) is 0 Å². The van der Waals surface area contributed by atoms with Gasteiger partial charge in [-0.05, 0) is 25.9 Å². The summed E-state index contributed by atoms with van der Waals surface area (Å²) in [5.41, 5.74) is 0. The Balaban J connectivity index is 0. The summed E-state index contributed by atoms with van der Waals surface area (Å²) in [7, 11) is -3.75. The van der Waals surface area contributed by atoms with E-state index in [9.17, 15) is 8.42 Å². The Morgan fingerprint density at radius 1 is 1.29 bits per heavy atom. The average molecular weight is 232 g/mol. The van der Waals surface area contributed by atoms with Crippen LogP contribution in [-0.4, -0.2) is 39.6 Å². The van der Waals surface area contributed by atoms with Crippen molar-refractivity contribution in [1.82, 2.24) is 4.90 Å². The van der Waals surface area contributed by atoms with Crippen LogP contribution >= 0.6 is 0 Å². The first-order valence-corrected chi connectivity index (χ1v) is 5.94. The molecule has 1 heterocycles. The summed E-state index contributed by atoms with van der Waals surface area (Å²) >= 11 is 0. The fourth-order valence-corrected chi connectivity index (χ4v) is 1.77. The van der Waals surface area contributed by atoms with Crippen LogP contribution in [0.1, 0.15) is 20.7 Å². The van der Waals surface area contributed by atoms with E-state index < -0.39 is 10.3 Å². The Bertz CT molecular complexity index is 245. The predicted octanol–water partition coefficient (Wildman–Crippen LogP) is -3.19. The van der Waals surface area contributed by atoms with Crippen LogP contribution in [-0.2, 0) is 14.5 Å². The van der Waals surface area contributed by atoms with Gasteiger partial charge in [0.2, 0.25) is 0 Å². The van der Waals surface area contributed by atoms with Gasteiger partial charge in [-0.2, -0.15) is 8.42 Å². The molecule has 0 atom stereocenters. The van der Waals surface area contributed by atoms with Crippen LogP contribution in [0.15, 0.2) is 0 Å². The van der Waals surface area contributed by atoms with Crippen molar-refractivity contribution in [3.05, 3.63) is 0 Å². The van der Waals surface area contributed by atoms with Gasteiger partial charge in [-0.25, -0.2) is 5.14 Å². The van der Waals surface area contributed by atoms with Crippen LogP contribution < -0.4 is 34.7 Å². The van der Waals surface area contributed by atoms with Gasteiger partial charge in [0, 0.05) is 6.54 Å². The minimum Gasteiger partial charge on any atom is -1.00 e. The molecule has 80 valence electrons. The molecule has 2 N–H and O–H groups in total. The van der Waals surface area contributed by atoms with Crippen molar-refractivity contribution in [3.8, 4) is 0 Å². The van der Waals surface area contributed by atoms with Gasteiger partial charge in [0.05, 0.1) is 6.61 Å². The van der Waals surface area contributed by atoms with E-state index >= 15 is 0 Å². The molecular weight excluding hydrogens is 215 g/mol. The molecule has 0 bridgehead atoms. The smallest absolute Gasteiger partial charge is 1.00 e. The van der Waals surface area contributed by atoms with Crippen LogP contribution in [0.3, 0.4) is 0 Å². The molecule has 1 rings (SSSR count). The van der Waals surface area contributed by atoms with Crippen molar-refractivity contribution in [1.29, 1.82) is 0 Å². The Labute approximate surface area is 109 Å². The minimum absolute atomic E-state index is 0. The van der Waals surface area contributed by atoms with E-state index in [2.05, 4.69) is 14.2 Å². The average Bonchev–Trinajstić information content (AvgIpc) is 2.04. The number of piperidine rings is 1. The third-order valence-electron chi connectivity index (χ3n) is 2.10. The summed E-state index contributed by atoms with van der Waals surface area (Å²) in [4.78, 5) is 2.19. The van der Waals surface area contributed by atoms with E-state index in [4.69, 9.17) is 0 Å². The van der Waals surface area contributed by atoms with Crippen molar-refractivity contribution in [2.45, 2.75) is 19.3 Å². The molecular formula is C7H17N2NaO3S. The Morgan fingerprint density at radius 2 is 1.86 bits per heavy atom. The second kappa shape index (κ2) is 7.16. The van der Waals surface area contributed by atoms with E-state index in [1.807, 2.05) is 0 Å². The van der Waals surface area contributed by atoms with Crippen molar-refractivity contribution < 1.29 is 43.6 Å². The zero-order valence-electron chi connectivity index (χ0n) is 9.61. The largest absolute Gasteiger partial charge is 1.00 e. The molecule has 0 saturated carbocycles. The number of rotatable bonds is 4. The topological polar surface area (TPSA) is 72.6 Å². The van der Waals surface area contributed by atoms with Crippen LogP contribution in [0.25, 0.3) is 0 Å². The number of hydrogen-bond donors (Lipinski definition) is 1. The summed E-state index contributed by atoms with van der Waals surface area (Å²) in [6, 6.07) is 0. The Morgan fingerprint density at radius 3 is 2.36 bits per heavy atom. The van der Waals surface area contributed by atoms with Crippen LogP contribution in [0.4, 0.5) is 0 Å². The SMILES string of the molecule is NS(=O)(=O)OCCN1CCCCC1.[H-].[Na+]. The number of hydrogen-bond acceptors (Lipinski definition) is 4. The summed E-state index contributed by atoms with van der Waals surface area (Å²) in [6.45, 7) is 2.89. The van der Waals surface area contributed by atoms with Crippen LogP contribution in [0.2, 0.25) is 0 Å². The molecule has 0 unspecified atom stereocenters. The zero-order valence-corrected chi connectivity index (χ0v) is 11.4. The molecule has 0 aromatic heterocycles. The van der Waals surface area contributed by atoms with Gasteiger partial charge in [-0.3, -0.25) is 4.18 Å². The molecule has 0 amide bonds. The van der Waals surface area contributed by atoms with Gasteiger partial charge in [0.25, 0.3) is 0 Å². The third-order valence-corrected chi connectivity index (χ3v) is 2.60. The van der Waals surface area contributed by atoms with Crippen LogP contribution in [0, 0.1) is 0 Å². The maximum absolute atomic E-state index is 10.4. The molecule has 5 nitrogen and oxygen atoms in total. The maximum atomic E-state index is 10.4. The van der Waals surface area contributed by atoms with Gasteiger partial charge >= 0.3 is 39.9 Å². The normalized spacial score (nSPS) is 18.9. The monoisotopic (exact) mass is 232 g/mol. The Kier molecular flexibility index (Phi) is 7.59. The quantitative estimate of drug-likeness (QED) is 0.518. The molecule has 0 aromatic carbocycles. The van der Waals surface area contributed by atoms with E-state index in [0.29, 0.717) is 6.54 Å². The molecule has 7 heteroatoms. The van der Waals surface area contributed by atoms with E-state index in [1.165, 1.54) is 19.3 Å². The molecule has 0 radical (unpaired) electrons. The molecule has 0 aliphatic carbocycles. The summed E-state index contributed by atoms with van der Waals surface area (Å²) in [5.74, 6) is 0. The first kappa shape index (κ1) is 14.8. The first-order valence-electron chi connectivity index (χ1n) is 4.47. The van der Waals surface area contributed by atoms with Gasteiger partial charge in [0.15, 0.2) is 0 Å². The summed E-state index contributed by atoms with van der Waals surface area (Å²) in [5, 5.41) is 4.68. The standard InChI is InChI=1S/C7H16N2O3S.Na.H/c8-13(10,11)12-7-6-9-4-2-1-3-5-9;;/h1-7H2,(H2,8,10,11);;/q;+1;-1. The minimum atomic E-state index is -3.75. The van der Waals surface area contributed by atoms with Crippen molar-refractivity contribution >= 4 is 10.3 Å². The molecule has 14 heavy (non-hydrogen) atoms. The molecule has 1 aliphatic rings. The fourth-order valence-electron chi connectivity index (χ4n) is 1.47. The van der Waals surface area contributed by atoms with Gasteiger partial charge in [-0.15, -0.1) is 0 Å². The van der Waals surface area contributed by atoms with E-state index in [0.717, 1.165) is 13.1 Å². The van der Waals surface area contributed by atoms with Crippen molar-refractivity contribution in [2.75, 3.05) is 26.2 Å². The van der Waals surface area contributed by atoms with E-state index in [-0.39, 0.29) is 37.6 Å². The molecule has 0 spiro atoms. The molecule has 0 aromatic rings. The predicted molar refractivity (Wildman–Crippen MR) is 50.5 cm³/mol. The van der Waals surface area contributed by atoms with Crippen molar-refractivity contribution in [2.24, 2.45) is 5.14 Å². The third kappa shape index (κ3) is 7.17.